The Labute approximate surface area is 204 Å². The van der Waals surface area contributed by atoms with Crippen molar-refractivity contribution in [1.82, 2.24) is 4.98 Å². The van der Waals surface area contributed by atoms with Gasteiger partial charge in [-0.1, -0.05) is 30.0 Å². The van der Waals surface area contributed by atoms with Gasteiger partial charge in [-0.2, -0.15) is 0 Å². The number of ether oxygens (including phenoxy) is 1. The summed E-state index contributed by atoms with van der Waals surface area (Å²) in [7, 11) is 1.58. The number of thioether (sulfide) groups is 1. The van der Waals surface area contributed by atoms with Gasteiger partial charge < -0.3 is 10.1 Å². The Morgan fingerprint density at radius 2 is 1.91 bits per heavy atom. The molecule has 34 heavy (non-hydrogen) atoms. The van der Waals surface area contributed by atoms with Crippen LogP contribution in [0.3, 0.4) is 0 Å². The van der Waals surface area contributed by atoms with E-state index < -0.39 is 0 Å². The first-order valence-electron chi connectivity index (χ1n) is 11.1. The highest BCUT2D eigenvalue weighted by atomic mass is 32.2. The number of hydrogen-bond acceptors (Lipinski definition) is 7. The number of fused-ring (bicyclic) bond motifs is 6. The highest BCUT2D eigenvalue weighted by Gasteiger charge is 2.59. The Morgan fingerprint density at radius 1 is 1.15 bits per heavy atom. The van der Waals surface area contributed by atoms with E-state index in [4.69, 9.17) is 4.74 Å². The largest absolute Gasteiger partial charge is 0.497 e. The molecule has 3 aliphatic rings. The van der Waals surface area contributed by atoms with Gasteiger partial charge in [0.15, 0.2) is 4.34 Å². The maximum atomic E-state index is 13.1. The van der Waals surface area contributed by atoms with Gasteiger partial charge >= 0.3 is 0 Å². The first kappa shape index (κ1) is 21.4. The van der Waals surface area contributed by atoms with E-state index in [1.165, 1.54) is 28.0 Å². The fraction of sp³-hybridized carbons (Fsp3) is 0.280. The quantitative estimate of drug-likeness (QED) is 0.313. The number of hydrogen-bond donors (Lipinski definition) is 1. The van der Waals surface area contributed by atoms with Gasteiger partial charge in [0, 0.05) is 11.8 Å². The van der Waals surface area contributed by atoms with Gasteiger partial charge in [0.25, 0.3) is 0 Å². The highest BCUT2D eigenvalue weighted by Crippen LogP contribution is 2.53. The molecule has 0 radical (unpaired) electrons. The lowest BCUT2D eigenvalue weighted by molar-refractivity contribution is -0.123. The van der Waals surface area contributed by atoms with E-state index in [0.29, 0.717) is 17.1 Å². The van der Waals surface area contributed by atoms with E-state index in [1.54, 1.807) is 25.3 Å². The molecule has 2 bridgehead atoms. The maximum absolute atomic E-state index is 13.1. The summed E-state index contributed by atoms with van der Waals surface area (Å²) in [4.78, 5) is 44.5. The van der Waals surface area contributed by atoms with Crippen LogP contribution >= 0.6 is 23.1 Å². The summed E-state index contributed by atoms with van der Waals surface area (Å²) in [5.74, 6) is 0.536. The molecule has 3 amide bonds. The summed E-state index contributed by atoms with van der Waals surface area (Å²) in [6.07, 6.45) is 5.11. The summed E-state index contributed by atoms with van der Waals surface area (Å²) in [5.41, 5.74) is 2.06. The Bertz CT molecular complexity index is 1340. The van der Waals surface area contributed by atoms with Crippen LogP contribution in [-0.4, -0.2) is 35.6 Å². The monoisotopic (exact) mass is 491 g/mol. The lowest BCUT2D eigenvalue weighted by Gasteiger charge is -2.17. The molecule has 7 nitrogen and oxygen atoms in total. The first-order valence-corrected chi connectivity index (χ1v) is 12.9. The fourth-order valence-electron chi connectivity index (χ4n) is 5.27. The molecule has 1 aromatic heterocycles. The highest BCUT2D eigenvalue weighted by molar-refractivity contribution is 8.01. The molecular formula is C25H21N3O4S2. The van der Waals surface area contributed by atoms with Gasteiger partial charge in [0.2, 0.25) is 17.7 Å². The molecule has 172 valence electrons. The summed E-state index contributed by atoms with van der Waals surface area (Å²) < 4.78 is 6.82. The van der Waals surface area contributed by atoms with Crippen molar-refractivity contribution in [2.24, 2.45) is 23.7 Å². The average molecular weight is 492 g/mol. The topological polar surface area (TPSA) is 88.6 Å². The molecular weight excluding hydrogens is 470 g/mol. The lowest BCUT2D eigenvalue weighted by atomic mass is 9.85. The summed E-state index contributed by atoms with van der Waals surface area (Å²) >= 11 is 2.81. The molecule has 1 N–H and O–H groups in total. The fourth-order valence-corrected chi connectivity index (χ4v) is 7.18. The molecule has 2 fully saturated rings. The van der Waals surface area contributed by atoms with Crippen LogP contribution in [0, 0.1) is 23.7 Å². The van der Waals surface area contributed by atoms with Crippen LogP contribution in [0.2, 0.25) is 0 Å². The molecule has 9 heteroatoms. The number of aromatic nitrogens is 1. The predicted molar refractivity (Wildman–Crippen MR) is 132 cm³/mol. The molecule has 0 unspecified atom stereocenters. The number of rotatable bonds is 6. The van der Waals surface area contributed by atoms with Crippen molar-refractivity contribution in [3.8, 4) is 5.75 Å². The smallest absolute Gasteiger partial charge is 0.238 e. The third-order valence-corrected chi connectivity index (χ3v) is 8.92. The van der Waals surface area contributed by atoms with E-state index in [1.807, 2.05) is 24.3 Å². The minimum absolute atomic E-state index is 0.0838. The normalized spacial score (nSPS) is 24.8. The molecule has 3 aromatic rings. The summed E-state index contributed by atoms with van der Waals surface area (Å²) in [5, 5.41) is 2.86. The first-order chi connectivity index (χ1) is 16.5. The van der Waals surface area contributed by atoms with E-state index in [9.17, 15) is 14.4 Å². The lowest BCUT2D eigenvalue weighted by Crippen LogP contribution is -2.32. The third kappa shape index (κ3) is 3.50. The van der Waals surface area contributed by atoms with E-state index in [-0.39, 0.29) is 47.1 Å². The molecule has 2 aromatic carbocycles. The summed E-state index contributed by atoms with van der Waals surface area (Å²) in [6.45, 7) is 0. The second-order valence-corrected chi connectivity index (χ2v) is 11.0. The molecule has 4 atom stereocenters. The van der Waals surface area contributed by atoms with Crippen molar-refractivity contribution in [2.45, 2.75) is 10.8 Å². The van der Waals surface area contributed by atoms with Crippen LogP contribution < -0.4 is 15.0 Å². The Balaban J connectivity index is 1.15. The number of nitrogens with one attached hydrogen (secondary N) is 1. The number of anilines is 2. The average Bonchev–Trinajstić information content (AvgIpc) is 3.60. The number of amides is 3. The van der Waals surface area contributed by atoms with Crippen molar-refractivity contribution in [3.63, 3.8) is 0 Å². The van der Waals surface area contributed by atoms with Crippen LogP contribution in [0.15, 0.2) is 59.0 Å². The van der Waals surface area contributed by atoms with Crippen molar-refractivity contribution >= 4 is 62.4 Å². The molecule has 2 heterocycles. The maximum Gasteiger partial charge on any atom is 0.238 e. The van der Waals surface area contributed by atoms with Crippen molar-refractivity contribution < 1.29 is 19.1 Å². The number of carbonyl (C=O) groups excluding carboxylic acids is 3. The van der Waals surface area contributed by atoms with Crippen LogP contribution in [0.4, 0.5) is 11.4 Å². The SMILES string of the molecule is COc1cccc(NC(=O)CSc2nc3ccc(N4C(=O)[C@@H]5[C@H](C4=O)[C@H]4C=C[C@H]5C4)cc3s2)c1. The number of imide groups is 1. The molecule has 1 saturated carbocycles. The Kier molecular flexibility index (Phi) is 5.18. The number of nitrogens with zero attached hydrogens (tertiary/aromatic N) is 2. The van der Waals surface area contributed by atoms with Crippen LogP contribution in [0.1, 0.15) is 6.42 Å². The van der Waals surface area contributed by atoms with Crippen molar-refractivity contribution in [1.29, 1.82) is 0 Å². The Hall–Kier alpha value is -3.17. The zero-order valence-corrected chi connectivity index (χ0v) is 19.9. The zero-order chi connectivity index (χ0) is 23.4. The second kappa shape index (κ2) is 8.25. The van der Waals surface area contributed by atoms with Gasteiger partial charge in [0.1, 0.15) is 5.75 Å². The number of benzene rings is 2. The van der Waals surface area contributed by atoms with Crippen LogP contribution in [-0.2, 0) is 14.4 Å². The number of carbonyl (C=O) groups is 3. The minimum atomic E-state index is -0.214. The molecule has 1 saturated heterocycles. The van der Waals surface area contributed by atoms with Gasteiger partial charge in [-0.25, -0.2) is 9.88 Å². The molecule has 6 rings (SSSR count). The van der Waals surface area contributed by atoms with Gasteiger partial charge in [-0.3, -0.25) is 14.4 Å². The van der Waals surface area contributed by atoms with E-state index in [2.05, 4.69) is 22.5 Å². The van der Waals surface area contributed by atoms with Crippen molar-refractivity contribution in [3.05, 3.63) is 54.6 Å². The minimum Gasteiger partial charge on any atom is -0.497 e. The molecule has 2 aliphatic carbocycles. The van der Waals surface area contributed by atoms with E-state index in [0.717, 1.165) is 21.0 Å². The number of thiazole rings is 1. The molecule has 0 spiro atoms. The molecule has 1 aliphatic heterocycles. The second-order valence-electron chi connectivity index (χ2n) is 8.71. The van der Waals surface area contributed by atoms with Gasteiger partial charge in [0.05, 0.1) is 40.6 Å². The number of allylic oxidation sites excluding steroid dienone is 2. The number of methoxy groups -OCH3 is 1. The van der Waals surface area contributed by atoms with Crippen LogP contribution in [0.5, 0.6) is 5.75 Å². The van der Waals surface area contributed by atoms with E-state index >= 15 is 0 Å². The standard InChI is InChI=1S/C25H21N3O4S2/c1-32-17-4-2-3-15(10-17)26-20(29)12-33-25-27-18-8-7-16(11-19(18)34-25)28-23(30)21-13-5-6-14(9-13)22(21)24(28)31/h2-8,10-11,13-14,21-22H,9,12H2,1H3,(H,26,29)/t13-,14-,21-,22+/m0/s1. The predicted octanol–water partition coefficient (Wildman–Crippen LogP) is 4.35. The zero-order valence-electron chi connectivity index (χ0n) is 18.3. The van der Waals surface area contributed by atoms with Gasteiger partial charge in [-0.15, -0.1) is 11.3 Å². The van der Waals surface area contributed by atoms with Gasteiger partial charge in [-0.05, 0) is 48.6 Å². The summed E-state index contributed by atoms with van der Waals surface area (Å²) in [6, 6.07) is 12.7. The third-order valence-electron chi connectivity index (χ3n) is 6.76. The van der Waals surface area contributed by atoms with Crippen LogP contribution in [0.25, 0.3) is 10.2 Å². The van der Waals surface area contributed by atoms with Crippen molar-refractivity contribution in [2.75, 3.05) is 23.1 Å². The Morgan fingerprint density at radius 3 is 2.65 bits per heavy atom.